The number of benzene rings is 1. The quantitative estimate of drug-likeness (QED) is 0.800. The molecule has 1 aromatic carbocycles. The highest BCUT2D eigenvalue weighted by atomic mass is 16.5. The molecule has 0 bridgehead atoms. The van der Waals surface area contributed by atoms with E-state index in [2.05, 4.69) is 58.6 Å². The molecule has 0 radical (unpaired) electrons. The number of nitrogens with zero attached hydrogens (tertiary/aromatic N) is 1. The maximum Gasteiger partial charge on any atom is 0.0642 e. The number of morpholine rings is 1. The molecule has 1 aromatic rings. The van der Waals surface area contributed by atoms with E-state index in [4.69, 9.17) is 4.74 Å². The third-order valence-corrected chi connectivity index (χ3v) is 4.17. The molecule has 1 fully saturated rings. The van der Waals surface area contributed by atoms with E-state index in [1.54, 1.807) is 0 Å². The summed E-state index contributed by atoms with van der Waals surface area (Å²) in [6.07, 6.45) is 0. The molecule has 0 aromatic heterocycles. The highest BCUT2D eigenvalue weighted by Gasteiger charge is 2.24. The average Bonchev–Trinajstić information content (AvgIpc) is 2.38. The predicted octanol–water partition coefficient (Wildman–Crippen LogP) is 4.25. The monoisotopic (exact) mass is 275 g/mol. The van der Waals surface area contributed by atoms with Crippen molar-refractivity contribution >= 4 is 5.69 Å². The fourth-order valence-electron chi connectivity index (χ4n) is 3.00. The molecule has 2 heteroatoms. The zero-order chi connectivity index (χ0) is 14.9. The number of anilines is 1. The molecule has 0 amide bonds. The van der Waals surface area contributed by atoms with Gasteiger partial charge in [-0.25, -0.2) is 0 Å². The Morgan fingerprint density at radius 2 is 1.70 bits per heavy atom. The third kappa shape index (κ3) is 3.17. The van der Waals surface area contributed by atoms with Crippen molar-refractivity contribution in [1.82, 2.24) is 0 Å². The van der Waals surface area contributed by atoms with Gasteiger partial charge in [-0.05, 0) is 41.0 Å². The van der Waals surface area contributed by atoms with Crippen LogP contribution in [-0.4, -0.2) is 26.3 Å². The maximum absolute atomic E-state index is 5.51. The van der Waals surface area contributed by atoms with Gasteiger partial charge >= 0.3 is 0 Å². The van der Waals surface area contributed by atoms with Crippen molar-refractivity contribution in [2.45, 2.75) is 52.9 Å². The van der Waals surface area contributed by atoms with Crippen LogP contribution in [-0.2, 0) is 10.2 Å². The molecule has 0 aliphatic carbocycles. The van der Waals surface area contributed by atoms with Gasteiger partial charge in [-0.2, -0.15) is 0 Å². The summed E-state index contributed by atoms with van der Waals surface area (Å²) in [5.74, 6) is 0.573. The topological polar surface area (TPSA) is 12.5 Å². The van der Waals surface area contributed by atoms with Gasteiger partial charge in [0, 0.05) is 18.8 Å². The molecule has 0 saturated carbocycles. The summed E-state index contributed by atoms with van der Waals surface area (Å²) < 4.78 is 5.51. The van der Waals surface area contributed by atoms with Crippen molar-refractivity contribution in [3.05, 3.63) is 28.8 Å². The van der Waals surface area contributed by atoms with Crippen LogP contribution in [0, 0.1) is 6.92 Å². The number of hydrogen-bond donors (Lipinski definition) is 0. The molecule has 0 unspecified atom stereocenters. The third-order valence-electron chi connectivity index (χ3n) is 4.17. The molecule has 2 rings (SSSR count). The van der Waals surface area contributed by atoms with E-state index in [-0.39, 0.29) is 5.41 Å². The Balaban J connectivity index is 2.52. The number of rotatable bonds is 2. The lowest BCUT2D eigenvalue weighted by molar-refractivity contribution is 0.122. The Hall–Kier alpha value is -1.02. The molecule has 1 heterocycles. The standard InChI is InChI=1S/C18H29NO/c1-13(2)15-12-17(19-7-9-20-10-8-19)16(11-14(15)3)18(4,5)6/h11-13H,7-10H2,1-6H3. The van der Waals surface area contributed by atoms with Crippen LogP contribution in [0.15, 0.2) is 12.1 Å². The zero-order valence-electron chi connectivity index (χ0n) is 13.9. The summed E-state index contributed by atoms with van der Waals surface area (Å²) in [5.41, 5.74) is 5.94. The highest BCUT2D eigenvalue weighted by Crippen LogP contribution is 2.36. The molecule has 0 N–H and O–H groups in total. The minimum Gasteiger partial charge on any atom is -0.378 e. The lowest BCUT2D eigenvalue weighted by Crippen LogP contribution is -2.37. The first-order chi connectivity index (χ1) is 9.30. The van der Waals surface area contributed by atoms with Crippen LogP contribution in [0.1, 0.15) is 57.2 Å². The average molecular weight is 275 g/mol. The maximum atomic E-state index is 5.51. The largest absolute Gasteiger partial charge is 0.378 e. The van der Waals surface area contributed by atoms with Crippen molar-refractivity contribution in [2.24, 2.45) is 0 Å². The van der Waals surface area contributed by atoms with E-state index >= 15 is 0 Å². The van der Waals surface area contributed by atoms with Crippen LogP contribution in [0.2, 0.25) is 0 Å². The van der Waals surface area contributed by atoms with Crippen molar-refractivity contribution in [3.63, 3.8) is 0 Å². The minimum atomic E-state index is 0.175. The second-order valence-electron chi connectivity index (χ2n) is 7.23. The Morgan fingerprint density at radius 1 is 1.10 bits per heavy atom. The summed E-state index contributed by atoms with van der Waals surface area (Å²) in [6.45, 7) is 17.4. The predicted molar refractivity (Wildman–Crippen MR) is 87.0 cm³/mol. The number of aryl methyl sites for hydroxylation is 1. The molecule has 2 nitrogen and oxygen atoms in total. The molecule has 112 valence electrons. The van der Waals surface area contributed by atoms with Gasteiger partial charge in [-0.3, -0.25) is 0 Å². The van der Waals surface area contributed by atoms with Gasteiger partial charge in [-0.1, -0.05) is 40.7 Å². The molecule has 0 spiro atoms. The summed E-state index contributed by atoms with van der Waals surface area (Å²) >= 11 is 0. The molecule has 20 heavy (non-hydrogen) atoms. The lowest BCUT2D eigenvalue weighted by Gasteiger charge is -2.35. The second kappa shape index (κ2) is 5.77. The van der Waals surface area contributed by atoms with E-state index in [0.717, 1.165) is 26.3 Å². The van der Waals surface area contributed by atoms with E-state index in [0.29, 0.717) is 5.92 Å². The van der Waals surface area contributed by atoms with E-state index < -0.39 is 0 Å². The van der Waals surface area contributed by atoms with Gasteiger partial charge < -0.3 is 9.64 Å². The summed E-state index contributed by atoms with van der Waals surface area (Å²) in [7, 11) is 0. The molecule has 1 aliphatic heterocycles. The van der Waals surface area contributed by atoms with E-state index in [9.17, 15) is 0 Å². The lowest BCUT2D eigenvalue weighted by atomic mass is 9.82. The van der Waals surface area contributed by atoms with Crippen molar-refractivity contribution in [2.75, 3.05) is 31.2 Å². The first-order valence-corrected chi connectivity index (χ1v) is 7.78. The number of hydrogen-bond acceptors (Lipinski definition) is 2. The van der Waals surface area contributed by atoms with Crippen LogP contribution in [0.25, 0.3) is 0 Å². The Kier molecular flexibility index (Phi) is 4.43. The van der Waals surface area contributed by atoms with Crippen LogP contribution in [0.5, 0.6) is 0 Å². The molecule has 0 atom stereocenters. The summed E-state index contributed by atoms with van der Waals surface area (Å²) in [4.78, 5) is 2.50. The SMILES string of the molecule is Cc1cc(C(C)(C)C)c(N2CCOCC2)cc1C(C)C. The van der Waals surface area contributed by atoms with Gasteiger partial charge in [0.2, 0.25) is 0 Å². The summed E-state index contributed by atoms with van der Waals surface area (Å²) in [5, 5.41) is 0. The van der Waals surface area contributed by atoms with Crippen molar-refractivity contribution in [1.29, 1.82) is 0 Å². The van der Waals surface area contributed by atoms with Gasteiger partial charge in [0.05, 0.1) is 13.2 Å². The van der Waals surface area contributed by atoms with Gasteiger partial charge in [-0.15, -0.1) is 0 Å². The second-order valence-corrected chi connectivity index (χ2v) is 7.23. The van der Waals surface area contributed by atoms with Gasteiger partial charge in [0.15, 0.2) is 0 Å². The van der Waals surface area contributed by atoms with E-state index in [1.807, 2.05) is 0 Å². The van der Waals surface area contributed by atoms with Crippen LogP contribution in [0.4, 0.5) is 5.69 Å². The molecular weight excluding hydrogens is 246 g/mol. The molecule has 1 aliphatic rings. The Labute approximate surface area is 124 Å². The minimum absolute atomic E-state index is 0.175. The first kappa shape index (κ1) is 15.4. The fraction of sp³-hybridized carbons (Fsp3) is 0.667. The smallest absolute Gasteiger partial charge is 0.0642 e. The van der Waals surface area contributed by atoms with Crippen molar-refractivity contribution < 1.29 is 4.74 Å². The molecule has 1 saturated heterocycles. The van der Waals surface area contributed by atoms with E-state index in [1.165, 1.54) is 22.4 Å². The molecular formula is C18H29NO. The number of ether oxygens (including phenoxy) is 1. The Bertz CT molecular complexity index is 465. The Morgan fingerprint density at radius 3 is 2.20 bits per heavy atom. The first-order valence-electron chi connectivity index (χ1n) is 7.78. The van der Waals surface area contributed by atoms with Crippen molar-refractivity contribution in [3.8, 4) is 0 Å². The van der Waals surface area contributed by atoms with Gasteiger partial charge in [0.1, 0.15) is 0 Å². The fourth-order valence-corrected chi connectivity index (χ4v) is 3.00. The highest BCUT2D eigenvalue weighted by molar-refractivity contribution is 5.60. The van der Waals surface area contributed by atoms with Crippen LogP contribution < -0.4 is 4.90 Å². The van der Waals surface area contributed by atoms with Crippen LogP contribution in [0.3, 0.4) is 0 Å². The zero-order valence-corrected chi connectivity index (χ0v) is 13.9. The van der Waals surface area contributed by atoms with Crippen LogP contribution >= 0.6 is 0 Å². The van der Waals surface area contributed by atoms with Gasteiger partial charge in [0.25, 0.3) is 0 Å². The normalized spacial score (nSPS) is 16.9. The summed E-state index contributed by atoms with van der Waals surface area (Å²) in [6, 6.07) is 4.83.